The second-order valence-electron chi connectivity index (χ2n) is 7.82. The van der Waals surface area contributed by atoms with Gasteiger partial charge in [0.25, 0.3) is 0 Å². The molecular formula is C20H25N7OS. The molecule has 1 aliphatic rings. The summed E-state index contributed by atoms with van der Waals surface area (Å²) in [5.74, 6) is 1.44. The minimum atomic E-state index is 0.298. The predicted molar refractivity (Wildman–Crippen MR) is 116 cm³/mol. The van der Waals surface area contributed by atoms with Crippen molar-refractivity contribution in [1.82, 2.24) is 30.0 Å². The average molecular weight is 412 g/mol. The molecule has 0 amide bonds. The summed E-state index contributed by atoms with van der Waals surface area (Å²) in [4.78, 5) is 16.4. The second-order valence-corrected chi connectivity index (χ2v) is 8.87. The number of H-pyrrole nitrogens is 2. The molecule has 2 unspecified atom stereocenters. The van der Waals surface area contributed by atoms with Gasteiger partial charge in [0.15, 0.2) is 5.82 Å². The molecule has 4 N–H and O–H groups in total. The number of nitrogen functional groups attached to an aromatic ring is 1. The number of pyridine rings is 1. The molecule has 0 bridgehead atoms. The summed E-state index contributed by atoms with van der Waals surface area (Å²) in [6.07, 6.45) is 4.27. The van der Waals surface area contributed by atoms with Gasteiger partial charge in [0.1, 0.15) is 11.3 Å². The standard InChI is InChI=1S/C20H25N7OS/c1-11-9-27(10-12(2)28-11)7-3-4-16-24-17-18(25-16)20(21)23-14-8-15(29-19(14)17)13-5-6-22-26-13/h5-6,8,11-12H,3-4,7,9-10H2,1-2H3,(H2,21,23)(H,22,26)(H,24,25). The molecule has 1 aliphatic heterocycles. The number of hydrogen-bond acceptors (Lipinski definition) is 7. The molecule has 0 saturated carbocycles. The van der Waals surface area contributed by atoms with Crippen molar-refractivity contribution in [2.24, 2.45) is 0 Å². The molecule has 0 radical (unpaired) electrons. The lowest BCUT2D eigenvalue weighted by Gasteiger charge is -2.35. The van der Waals surface area contributed by atoms with Crippen LogP contribution in [-0.4, -0.2) is 61.9 Å². The maximum Gasteiger partial charge on any atom is 0.152 e. The van der Waals surface area contributed by atoms with Crippen LogP contribution in [0.1, 0.15) is 26.1 Å². The quantitative estimate of drug-likeness (QED) is 0.465. The van der Waals surface area contributed by atoms with Gasteiger partial charge in [0, 0.05) is 25.7 Å². The first kappa shape index (κ1) is 18.5. The highest BCUT2D eigenvalue weighted by Gasteiger charge is 2.22. The number of nitrogens with two attached hydrogens (primary N) is 1. The number of aromatic nitrogens is 5. The van der Waals surface area contributed by atoms with Crippen molar-refractivity contribution in [2.75, 3.05) is 25.4 Å². The molecule has 0 aliphatic carbocycles. The van der Waals surface area contributed by atoms with Gasteiger partial charge in [-0.3, -0.25) is 10.00 Å². The highest BCUT2D eigenvalue weighted by atomic mass is 32.1. The number of morpholine rings is 1. The Morgan fingerprint density at radius 1 is 1.28 bits per heavy atom. The molecule has 0 spiro atoms. The molecule has 1 fully saturated rings. The summed E-state index contributed by atoms with van der Waals surface area (Å²) in [7, 11) is 0. The summed E-state index contributed by atoms with van der Waals surface area (Å²) in [6.45, 7) is 7.31. The van der Waals surface area contributed by atoms with Gasteiger partial charge in [-0.15, -0.1) is 11.3 Å². The van der Waals surface area contributed by atoms with Gasteiger partial charge >= 0.3 is 0 Å². The lowest BCUT2D eigenvalue weighted by atomic mass is 10.2. The van der Waals surface area contributed by atoms with E-state index >= 15 is 0 Å². The van der Waals surface area contributed by atoms with E-state index in [0.29, 0.717) is 18.0 Å². The number of hydrogen-bond donors (Lipinski definition) is 3. The van der Waals surface area contributed by atoms with Crippen LogP contribution >= 0.6 is 11.3 Å². The van der Waals surface area contributed by atoms with Crippen molar-refractivity contribution in [2.45, 2.75) is 38.9 Å². The Kier molecular flexibility index (Phi) is 4.73. The number of nitrogens with one attached hydrogen (secondary N) is 2. The Morgan fingerprint density at radius 3 is 2.86 bits per heavy atom. The molecule has 8 nitrogen and oxygen atoms in total. The number of fused-ring (bicyclic) bond motifs is 3. The van der Waals surface area contributed by atoms with Gasteiger partial charge in [-0.05, 0) is 38.9 Å². The van der Waals surface area contributed by atoms with Gasteiger partial charge in [-0.1, -0.05) is 0 Å². The third-order valence-corrected chi connectivity index (χ3v) is 6.50. The van der Waals surface area contributed by atoms with Crippen LogP contribution in [0, 0.1) is 0 Å². The van der Waals surface area contributed by atoms with E-state index in [1.165, 1.54) is 0 Å². The molecule has 1 saturated heterocycles. The molecule has 9 heteroatoms. The highest BCUT2D eigenvalue weighted by Crippen LogP contribution is 2.36. The SMILES string of the molecule is CC1CN(CCCc2nc3c(N)nc4cc(-c5ccn[nH]5)sc4c3[nH]2)CC(C)O1. The predicted octanol–water partition coefficient (Wildman–Crippen LogP) is 3.19. The summed E-state index contributed by atoms with van der Waals surface area (Å²) in [6, 6.07) is 4.00. The fourth-order valence-corrected chi connectivity index (χ4v) is 5.25. The molecule has 29 heavy (non-hydrogen) atoms. The van der Waals surface area contributed by atoms with Crippen molar-refractivity contribution in [3.8, 4) is 10.6 Å². The van der Waals surface area contributed by atoms with Crippen LogP contribution in [0.3, 0.4) is 0 Å². The molecule has 152 valence electrons. The Balaban J connectivity index is 1.37. The van der Waals surface area contributed by atoms with Crippen LogP contribution in [0.2, 0.25) is 0 Å². The number of aromatic amines is 2. The molecule has 2 atom stereocenters. The average Bonchev–Trinajstić information content (AvgIpc) is 3.39. The zero-order valence-electron chi connectivity index (χ0n) is 16.6. The van der Waals surface area contributed by atoms with E-state index in [4.69, 9.17) is 15.5 Å². The number of thiophene rings is 1. The summed E-state index contributed by atoms with van der Waals surface area (Å²) >= 11 is 1.67. The van der Waals surface area contributed by atoms with Crippen LogP contribution in [0.5, 0.6) is 0 Å². The van der Waals surface area contributed by atoms with E-state index in [1.807, 2.05) is 12.1 Å². The van der Waals surface area contributed by atoms with Crippen LogP contribution in [0.15, 0.2) is 18.3 Å². The molecular weight excluding hydrogens is 386 g/mol. The fraction of sp³-hybridized carbons (Fsp3) is 0.450. The number of aryl methyl sites for hydroxylation is 1. The van der Waals surface area contributed by atoms with Crippen LogP contribution < -0.4 is 5.73 Å². The third-order valence-electron chi connectivity index (χ3n) is 5.33. The summed E-state index contributed by atoms with van der Waals surface area (Å²) < 4.78 is 6.89. The first-order chi connectivity index (χ1) is 14.1. The number of imidazole rings is 1. The van der Waals surface area contributed by atoms with Crippen LogP contribution in [0.25, 0.3) is 31.8 Å². The molecule has 4 aromatic heterocycles. The van der Waals surface area contributed by atoms with Crippen LogP contribution in [0.4, 0.5) is 5.82 Å². The number of nitrogens with zero attached hydrogens (tertiary/aromatic N) is 4. The highest BCUT2D eigenvalue weighted by molar-refractivity contribution is 7.23. The van der Waals surface area contributed by atoms with Crippen molar-refractivity contribution in [3.63, 3.8) is 0 Å². The van der Waals surface area contributed by atoms with Crippen molar-refractivity contribution in [1.29, 1.82) is 0 Å². The van der Waals surface area contributed by atoms with Gasteiger partial charge in [-0.25, -0.2) is 9.97 Å². The normalized spacial score (nSPS) is 20.8. The third kappa shape index (κ3) is 3.61. The first-order valence-electron chi connectivity index (χ1n) is 10.0. The smallest absolute Gasteiger partial charge is 0.152 e. The Labute approximate surface area is 172 Å². The van der Waals surface area contributed by atoms with Crippen LogP contribution in [-0.2, 0) is 11.2 Å². The van der Waals surface area contributed by atoms with E-state index < -0.39 is 0 Å². The Bertz CT molecular complexity index is 1120. The fourth-order valence-electron chi connectivity index (χ4n) is 4.18. The Morgan fingerprint density at radius 2 is 2.10 bits per heavy atom. The largest absolute Gasteiger partial charge is 0.382 e. The maximum atomic E-state index is 6.21. The van der Waals surface area contributed by atoms with E-state index in [-0.39, 0.29) is 0 Å². The van der Waals surface area contributed by atoms with Gasteiger partial charge in [-0.2, -0.15) is 5.10 Å². The van der Waals surface area contributed by atoms with E-state index in [1.54, 1.807) is 17.5 Å². The molecule has 0 aromatic carbocycles. The molecule has 5 rings (SSSR count). The summed E-state index contributed by atoms with van der Waals surface area (Å²) in [5.41, 5.74) is 9.82. The number of rotatable bonds is 5. The molecule has 4 aromatic rings. The van der Waals surface area contributed by atoms with E-state index in [2.05, 4.69) is 38.9 Å². The number of ether oxygens (including phenoxy) is 1. The topological polar surface area (TPSA) is 109 Å². The van der Waals surface area contributed by atoms with Gasteiger partial charge in [0.05, 0.1) is 38.5 Å². The van der Waals surface area contributed by atoms with Crippen molar-refractivity contribution >= 4 is 38.4 Å². The van der Waals surface area contributed by atoms with Gasteiger partial charge < -0.3 is 15.5 Å². The van der Waals surface area contributed by atoms with Crippen molar-refractivity contribution in [3.05, 3.63) is 24.2 Å². The lowest BCUT2D eigenvalue weighted by Crippen LogP contribution is -2.45. The first-order valence-corrected chi connectivity index (χ1v) is 10.8. The second kappa shape index (κ2) is 7.40. The zero-order valence-corrected chi connectivity index (χ0v) is 17.4. The Hall–Kier alpha value is -2.49. The minimum absolute atomic E-state index is 0.298. The zero-order chi connectivity index (χ0) is 20.0. The van der Waals surface area contributed by atoms with Gasteiger partial charge in [0.2, 0.25) is 0 Å². The number of anilines is 1. The monoisotopic (exact) mass is 411 g/mol. The van der Waals surface area contributed by atoms with Crippen molar-refractivity contribution < 1.29 is 4.74 Å². The maximum absolute atomic E-state index is 6.21. The van der Waals surface area contributed by atoms with E-state index in [9.17, 15) is 0 Å². The van der Waals surface area contributed by atoms with E-state index in [0.717, 1.165) is 70.1 Å². The lowest BCUT2D eigenvalue weighted by molar-refractivity contribution is -0.0680. The summed E-state index contributed by atoms with van der Waals surface area (Å²) in [5, 5.41) is 7.05. The minimum Gasteiger partial charge on any atom is -0.382 e. The molecule has 5 heterocycles.